The van der Waals surface area contributed by atoms with Crippen LogP contribution in [0.25, 0.3) is 34.2 Å². The molecule has 31 heavy (non-hydrogen) atoms. The number of rotatable bonds is 6. The number of nitro benzene ring substituents is 1. The number of non-ortho nitro benzene ring substituents is 1. The van der Waals surface area contributed by atoms with Gasteiger partial charge < -0.3 is 14.2 Å². The fraction of sp³-hybridized carbons (Fsp3) is 0.0909. The number of nitrogens with zero attached hydrogens (tertiary/aromatic N) is 3. The molecule has 0 bridgehead atoms. The average Bonchev–Trinajstić information content (AvgIpc) is 3.37. The molecule has 0 fully saturated rings. The fourth-order valence-corrected chi connectivity index (χ4v) is 4.00. The predicted molar refractivity (Wildman–Crippen MR) is 116 cm³/mol. The zero-order valence-corrected chi connectivity index (χ0v) is 16.6. The van der Waals surface area contributed by atoms with Crippen LogP contribution in [0, 0.1) is 10.1 Å². The lowest BCUT2D eigenvalue weighted by molar-refractivity contribution is -0.384. The minimum Gasteiger partial charge on any atom is -0.376 e. The van der Waals surface area contributed by atoms with Gasteiger partial charge in [0.25, 0.3) is 17.5 Å². The molecule has 2 N–H and O–H groups in total. The van der Waals surface area contributed by atoms with Gasteiger partial charge in [-0.15, -0.1) is 0 Å². The molecular formula is C22H18N4O5. The van der Waals surface area contributed by atoms with Gasteiger partial charge in [-0.25, -0.2) is 0 Å². The van der Waals surface area contributed by atoms with E-state index in [-0.39, 0.29) is 23.6 Å². The lowest BCUT2D eigenvalue weighted by Gasteiger charge is -2.04. The molecule has 0 spiro atoms. The third-order valence-corrected chi connectivity index (χ3v) is 5.37. The van der Waals surface area contributed by atoms with Crippen molar-refractivity contribution in [3.05, 3.63) is 76.2 Å². The van der Waals surface area contributed by atoms with Crippen molar-refractivity contribution in [3.63, 3.8) is 0 Å². The van der Waals surface area contributed by atoms with E-state index in [9.17, 15) is 24.8 Å². The van der Waals surface area contributed by atoms with Gasteiger partial charge in [-0.05, 0) is 12.1 Å². The van der Waals surface area contributed by atoms with Gasteiger partial charge in [0.05, 0.1) is 21.6 Å². The first-order valence-electron chi connectivity index (χ1n) is 9.25. The van der Waals surface area contributed by atoms with Crippen LogP contribution in [0.4, 0.5) is 5.69 Å². The number of aromatic nitrogens is 2. The quantitative estimate of drug-likeness (QED) is 0.362. The topological polar surface area (TPSA) is 119 Å². The van der Waals surface area contributed by atoms with Gasteiger partial charge in [0.1, 0.15) is 6.73 Å². The smallest absolute Gasteiger partial charge is 0.271 e. The van der Waals surface area contributed by atoms with Crippen molar-refractivity contribution in [1.29, 1.82) is 0 Å². The Hall–Kier alpha value is -4.24. The molecule has 156 valence electrons. The Morgan fingerprint density at radius 3 is 2.39 bits per heavy atom. The SMILES string of the molecule is C=Cc1c(C2=C(c3cn(C)c4cc([N+](=O)[O-])ccc34)C(=O)NC2=O)cn(CO)c1C=C. The van der Waals surface area contributed by atoms with Crippen LogP contribution >= 0.6 is 0 Å². The molecule has 0 saturated heterocycles. The Morgan fingerprint density at radius 1 is 1.13 bits per heavy atom. The first kappa shape index (κ1) is 20.0. The predicted octanol–water partition coefficient (Wildman–Crippen LogP) is 2.69. The number of benzene rings is 1. The number of hydrogen-bond donors (Lipinski definition) is 2. The summed E-state index contributed by atoms with van der Waals surface area (Å²) in [5, 5.41) is 23.8. The minimum atomic E-state index is -0.576. The maximum Gasteiger partial charge on any atom is 0.271 e. The van der Waals surface area contributed by atoms with E-state index in [4.69, 9.17) is 0 Å². The number of nitro groups is 1. The Bertz CT molecular complexity index is 1360. The van der Waals surface area contributed by atoms with Gasteiger partial charge in [0, 0.05) is 59.3 Å². The van der Waals surface area contributed by atoms with Gasteiger partial charge in [0.2, 0.25) is 0 Å². The van der Waals surface area contributed by atoms with Crippen LogP contribution in [0.2, 0.25) is 0 Å². The molecule has 1 aliphatic heterocycles. The molecule has 0 aliphatic carbocycles. The van der Waals surface area contributed by atoms with E-state index < -0.39 is 16.7 Å². The standard InChI is InChI=1S/C22H18N4O5/c1-4-13-16(10-25(11-27)17(13)5-2)20-19(21(28)23-22(20)29)15-9-24(3)18-8-12(26(30)31)6-7-14(15)18/h4-10,27H,1-2,11H2,3H3,(H,23,28,29). The number of carbonyl (C=O) groups excluding carboxylic acids is 2. The molecular weight excluding hydrogens is 400 g/mol. The first-order chi connectivity index (χ1) is 14.8. The molecule has 0 radical (unpaired) electrons. The molecule has 9 heteroatoms. The number of aliphatic hydroxyl groups excluding tert-OH is 1. The summed E-state index contributed by atoms with van der Waals surface area (Å²) in [6.07, 6.45) is 6.29. The summed E-state index contributed by atoms with van der Waals surface area (Å²) < 4.78 is 3.16. The highest BCUT2D eigenvalue weighted by molar-refractivity contribution is 6.50. The minimum absolute atomic E-state index is 0.0778. The summed E-state index contributed by atoms with van der Waals surface area (Å²) in [5.74, 6) is -1.15. The molecule has 0 unspecified atom stereocenters. The summed E-state index contributed by atoms with van der Waals surface area (Å²) in [4.78, 5) is 36.3. The largest absolute Gasteiger partial charge is 0.376 e. The van der Waals surface area contributed by atoms with E-state index in [1.165, 1.54) is 28.9 Å². The summed E-state index contributed by atoms with van der Waals surface area (Å²) in [6.45, 7) is 7.19. The van der Waals surface area contributed by atoms with Crippen molar-refractivity contribution >= 4 is 51.7 Å². The highest BCUT2D eigenvalue weighted by Crippen LogP contribution is 2.39. The summed E-state index contributed by atoms with van der Waals surface area (Å²) >= 11 is 0. The number of imide groups is 1. The van der Waals surface area contributed by atoms with Gasteiger partial charge >= 0.3 is 0 Å². The monoisotopic (exact) mass is 418 g/mol. The molecule has 0 saturated carbocycles. The molecule has 4 rings (SSSR count). The number of fused-ring (bicyclic) bond motifs is 1. The molecule has 2 amide bonds. The third-order valence-electron chi connectivity index (χ3n) is 5.37. The van der Waals surface area contributed by atoms with Gasteiger partial charge in [-0.2, -0.15) is 0 Å². The van der Waals surface area contributed by atoms with Crippen molar-refractivity contribution in [1.82, 2.24) is 14.5 Å². The second kappa shape index (κ2) is 7.22. The van der Waals surface area contributed by atoms with Crippen LogP contribution < -0.4 is 5.32 Å². The van der Waals surface area contributed by atoms with E-state index in [1.54, 1.807) is 30.1 Å². The average molecular weight is 418 g/mol. The summed E-state index contributed by atoms with van der Waals surface area (Å²) in [7, 11) is 1.71. The molecule has 3 heterocycles. The van der Waals surface area contributed by atoms with Crippen molar-refractivity contribution in [2.24, 2.45) is 7.05 Å². The number of aliphatic hydroxyl groups is 1. The lowest BCUT2D eigenvalue weighted by atomic mass is 9.94. The van der Waals surface area contributed by atoms with E-state index in [0.717, 1.165) is 0 Å². The maximum absolute atomic E-state index is 12.8. The van der Waals surface area contributed by atoms with E-state index in [1.807, 2.05) is 0 Å². The zero-order valence-electron chi connectivity index (χ0n) is 16.6. The van der Waals surface area contributed by atoms with Crippen molar-refractivity contribution in [2.45, 2.75) is 6.73 Å². The van der Waals surface area contributed by atoms with Crippen LogP contribution in [-0.4, -0.2) is 31.0 Å². The van der Waals surface area contributed by atoms with Crippen LogP contribution in [0.5, 0.6) is 0 Å². The Morgan fingerprint density at radius 2 is 1.81 bits per heavy atom. The second-order valence-electron chi connectivity index (χ2n) is 7.01. The molecule has 9 nitrogen and oxygen atoms in total. The second-order valence-corrected chi connectivity index (χ2v) is 7.01. The Balaban J connectivity index is 2.05. The summed E-state index contributed by atoms with van der Waals surface area (Å²) in [6, 6.07) is 4.33. The Labute approximate surface area is 176 Å². The molecule has 3 aromatic rings. The molecule has 2 aromatic heterocycles. The number of hydrogen-bond acceptors (Lipinski definition) is 5. The van der Waals surface area contributed by atoms with E-state index >= 15 is 0 Å². The number of aryl methyl sites for hydroxylation is 1. The molecule has 1 aromatic carbocycles. The number of nitrogens with one attached hydrogen (secondary N) is 1. The first-order valence-corrected chi connectivity index (χ1v) is 9.25. The Kier molecular flexibility index (Phi) is 4.67. The van der Waals surface area contributed by atoms with Gasteiger partial charge in [0.15, 0.2) is 0 Å². The molecule has 1 aliphatic rings. The number of amides is 2. The van der Waals surface area contributed by atoms with E-state index in [0.29, 0.717) is 33.3 Å². The van der Waals surface area contributed by atoms with Crippen LogP contribution in [-0.2, 0) is 23.4 Å². The maximum atomic E-state index is 12.8. The molecule has 0 atom stereocenters. The van der Waals surface area contributed by atoms with Crippen molar-refractivity contribution in [2.75, 3.05) is 0 Å². The van der Waals surface area contributed by atoms with Crippen molar-refractivity contribution < 1.29 is 19.6 Å². The van der Waals surface area contributed by atoms with E-state index in [2.05, 4.69) is 18.5 Å². The highest BCUT2D eigenvalue weighted by Gasteiger charge is 2.35. The fourth-order valence-electron chi connectivity index (χ4n) is 4.00. The van der Waals surface area contributed by atoms with Crippen molar-refractivity contribution in [3.8, 4) is 0 Å². The number of carbonyl (C=O) groups is 2. The van der Waals surface area contributed by atoms with Gasteiger partial charge in [-0.1, -0.05) is 19.2 Å². The third kappa shape index (κ3) is 2.90. The zero-order chi connectivity index (χ0) is 22.4. The normalized spacial score (nSPS) is 13.7. The van der Waals surface area contributed by atoms with Crippen LogP contribution in [0.15, 0.2) is 43.8 Å². The lowest BCUT2D eigenvalue weighted by Crippen LogP contribution is -2.22. The van der Waals surface area contributed by atoms with Crippen LogP contribution in [0.3, 0.4) is 0 Å². The highest BCUT2D eigenvalue weighted by atomic mass is 16.6. The summed E-state index contributed by atoms with van der Waals surface area (Å²) in [5.41, 5.74) is 2.77. The van der Waals surface area contributed by atoms with Gasteiger partial charge in [-0.3, -0.25) is 25.0 Å². The van der Waals surface area contributed by atoms with Crippen LogP contribution in [0.1, 0.15) is 22.4 Å².